The first-order chi connectivity index (χ1) is 26.8. The molecule has 14 nitrogen and oxygen atoms in total. The third-order valence-corrected chi connectivity index (χ3v) is 13.2. The number of methoxy groups -OCH3 is 1. The average Bonchev–Trinajstić information content (AvgIpc) is 4.03. The fraction of sp³-hybridized carbons (Fsp3) is 0.619. The first-order valence-corrected chi connectivity index (χ1v) is 21.4. The smallest absolute Gasteiger partial charge is 0.307 e. The van der Waals surface area contributed by atoms with Crippen LogP contribution in [0, 0.1) is 11.8 Å². The summed E-state index contributed by atoms with van der Waals surface area (Å²) in [5, 5.41) is 2.84. The summed E-state index contributed by atoms with van der Waals surface area (Å²) in [6.07, 6.45) is 6.98. The van der Waals surface area contributed by atoms with E-state index in [1.807, 2.05) is 26.0 Å². The van der Waals surface area contributed by atoms with Gasteiger partial charge in [-0.25, -0.2) is 18.4 Å². The predicted molar refractivity (Wildman–Crippen MR) is 216 cm³/mol. The van der Waals surface area contributed by atoms with Crippen LogP contribution in [-0.2, 0) is 33.9 Å². The number of fused-ring (bicyclic) bond motifs is 1. The van der Waals surface area contributed by atoms with Gasteiger partial charge in [0, 0.05) is 30.2 Å². The zero-order valence-electron chi connectivity index (χ0n) is 34.4. The lowest BCUT2D eigenvalue weighted by Gasteiger charge is -2.30. The number of amides is 3. The molecule has 2 aliphatic carbocycles. The number of hydrogen-bond donors (Lipinski definition) is 2. The molecule has 1 aliphatic heterocycles. The SMILES string of the molecule is C=CCCCCC[C@H](CC(=O)OC(C)(C)C)C(=O)N1C[C@H](Oc2nc3cc(OC)ccc3nc2C(C)C)C[C@H]1C(=O)N[C@]1(C(=O)NS(=O)(=O)C2(C)CC2)C[C@H]1C=C. The van der Waals surface area contributed by atoms with Crippen molar-refractivity contribution in [3.8, 4) is 11.6 Å². The molecule has 3 fully saturated rings. The van der Waals surface area contributed by atoms with Crippen molar-refractivity contribution in [2.24, 2.45) is 11.8 Å². The molecule has 2 heterocycles. The van der Waals surface area contributed by atoms with Gasteiger partial charge in [0.1, 0.15) is 34.7 Å². The number of nitrogens with one attached hydrogen (secondary N) is 2. The van der Waals surface area contributed by atoms with E-state index in [0.717, 1.165) is 19.3 Å². The van der Waals surface area contributed by atoms with Gasteiger partial charge in [0.2, 0.25) is 27.7 Å². The Kier molecular flexibility index (Phi) is 13.1. The average molecular weight is 810 g/mol. The molecule has 2 N–H and O–H groups in total. The van der Waals surface area contributed by atoms with Gasteiger partial charge in [0.05, 0.1) is 35.9 Å². The van der Waals surface area contributed by atoms with Crippen LogP contribution in [0.5, 0.6) is 11.6 Å². The summed E-state index contributed by atoms with van der Waals surface area (Å²) in [6, 6.07) is 4.22. The second kappa shape index (κ2) is 17.1. The zero-order chi connectivity index (χ0) is 41.9. The minimum absolute atomic E-state index is 0.0234. The Bertz CT molecular complexity index is 1990. The number of carbonyl (C=O) groups is 4. The van der Waals surface area contributed by atoms with Crippen LogP contribution in [-0.4, -0.2) is 88.7 Å². The van der Waals surface area contributed by atoms with E-state index in [4.69, 9.17) is 24.2 Å². The highest BCUT2D eigenvalue weighted by Gasteiger charge is 2.63. The number of unbranched alkanes of at least 4 members (excludes halogenated alkanes) is 3. The molecule has 15 heteroatoms. The van der Waals surface area contributed by atoms with Gasteiger partial charge in [0.25, 0.3) is 5.91 Å². The lowest BCUT2D eigenvalue weighted by Crippen LogP contribution is -2.57. The van der Waals surface area contributed by atoms with E-state index in [0.29, 0.717) is 48.2 Å². The van der Waals surface area contributed by atoms with E-state index < -0.39 is 73.6 Å². The fourth-order valence-corrected chi connectivity index (χ4v) is 8.57. The molecule has 0 spiro atoms. The van der Waals surface area contributed by atoms with E-state index in [1.54, 1.807) is 46.9 Å². The van der Waals surface area contributed by atoms with Gasteiger partial charge in [0.15, 0.2) is 0 Å². The molecule has 57 heavy (non-hydrogen) atoms. The van der Waals surface area contributed by atoms with Crippen molar-refractivity contribution in [1.29, 1.82) is 0 Å². The Morgan fingerprint density at radius 2 is 1.79 bits per heavy atom. The first-order valence-electron chi connectivity index (χ1n) is 19.9. The molecule has 0 unspecified atom stereocenters. The van der Waals surface area contributed by atoms with Crippen LogP contribution in [0.4, 0.5) is 0 Å². The molecule has 1 aromatic carbocycles. The topological polar surface area (TPSA) is 183 Å². The summed E-state index contributed by atoms with van der Waals surface area (Å²) in [6.45, 7) is 18.3. The lowest BCUT2D eigenvalue weighted by atomic mass is 9.95. The molecule has 2 aromatic rings. The molecule has 5 rings (SSSR count). The summed E-state index contributed by atoms with van der Waals surface area (Å²) >= 11 is 0. The lowest BCUT2D eigenvalue weighted by molar-refractivity contribution is -0.159. The largest absolute Gasteiger partial charge is 0.497 e. The number of sulfonamides is 1. The minimum atomic E-state index is -4.00. The van der Waals surface area contributed by atoms with Crippen LogP contribution < -0.4 is 19.5 Å². The van der Waals surface area contributed by atoms with E-state index >= 15 is 0 Å². The maximum Gasteiger partial charge on any atom is 0.307 e. The highest BCUT2D eigenvalue weighted by Crippen LogP contribution is 2.47. The van der Waals surface area contributed by atoms with Gasteiger partial charge < -0.3 is 24.4 Å². The summed E-state index contributed by atoms with van der Waals surface area (Å²) in [5.41, 5.74) is -0.565. The molecule has 0 radical (unpaired) electrons. The summed E-state index contributed by atoms with van der Waals surface area (Å²) in [5.74, 6) is -3.03. The second-order valence-electron chi connectivity index (χ2n) is 17.2. The molecule has 0 bridgehead atoms. The minimum Gasteiger partial charge on any atom is -0.497 e. The van der Waals surface area contributed by atoms with Gasteiger partial charge in [-0.2, -0.15) is 0 Å². The second-order valence-corrected chi connectivity index (χ2v) is 19.4. The predicted octanol–water partition coefficient (Wildman–Crippen LogP) is 5.65. The number of esters is 1. The van der Waals surface area contributed by atoms with Gasteiger partial charge in [-0.3, -0.25) is 23.9 Å². The summed E-state index contributed by atoms with van der Waals surface area (Å²) < 4.78 is 44.9. The van der Waals surface area contributed by atoms with Gasteiger partial charge in [-0.05, 0) is 78.4 Å². The van der Waals surface area contributed by atoms with E-state index in [1.165, 1.54) is 11.0 Å². The van der Waals surface area contributed by atoms with E-state index in [9.17, 15) is 27.6 Å². The van der Waals surface area contributed by atoms with Crippen LogP contribution >= 0.6 is 0 Å². The van der Waals surface area contributed by atoms with Crippen molar-refractivity contribution >= 4 is 44.7 Å². The molecular weight excluding hydrogens is 751 g/mol. The zero-order valence-corrected chi connectivity index (χ0v) is 35.2. The Morgan fingerprint density at radius 3 is 2.39 bits per heavy atom. The number of ether oxygens (including phenoxy) is 3. The Morgan fingerprint density at radius 1 is 1.07 bits per heavy atom. The monoisotopic (exact) mass is 809 g/mol. The molecule has 3 amide bonds. The van der Waals surface area contributed by atoms with Gasteiger partial charge in [-0.1, -0.05) is 38.8 Å². The van der Waals surface area contributed by atoms with Crippen molar-refractivity contribution in [2.45, 2.75) is 140 Å². The normalized spacial score (nSPS) is 23.0. The number of allylic oxidation sites excluding steroid dienone is 1. The molecule has 1 aromatic heterocycles. The number of nitrogens with zero attached hydrogens (tertiary/aromatic N) is 3. The van der Waals surface area contributed by atoms with Crippen LogP contribution in [0.1, 0.15) is 117 Å². The van der Waals surface area contributed by atoms with Crippen molar-refractivity contribution < 1.29 is 41.8 Å². The Labute approximate surface area is 336 Å². The Balaban J connectivity index is 1.47. The van der Waals surface area contributed by atoms with E-state index in [-0.39, 0.29) is 37.6 Å². The molecule has 312 valence electrons. The van der Waals surface area contributed by atoms with Crippen LogP contribution in [0.25, 0.3) is 11.0 Å². The molecule has 1 saturated heterocycles. The third kappa shape index (κ3) is 10.1. The number of likely N-dealkylation sites (tertiary alicyclic amines) is 1. The summed E-state index contributed by atoms with van der Waals surface area (Å²) in [4.78, 5) is 67.1. The number of carbonyl (C=O) groups excluding carboxylic acids is 4. The van der Waals surface area contributed by atoms with Gasteiger partial charge >= 0.3 is 5.97 Å². The van der Waals surface area contributed by atoms with Crippen LogP contribution in [0.2, 0.25) is 0 Å². The van der Waals surface area contributed by atoms with Crippen LogP contribution in [0.3, 0.4) is 0 Å². The first kappa shape index (κ1) is 43.6. The van der Waals surface area contributed by atoms with E-state index in [2.05, 4.69) is 23.2 Å². The summed E-state index contributed by atoms with van der Waals surface area (Å²) in [7, 11) is -2.45. The maximum absolute atomic E-state index is 14.7. The number of aromatic nitrogens is 2. The van der Waals surface area contributed by atoms with Crippen molar-refractivity contribution in [2.75, 3.05) is 13.7 Å². The number of hydrogen-bond acceptors (Lipinski definition) is 11. The third-order valence-electron chi connectivity index (χ3n) is 11.1. The number of rotatable bonds is 19. The van der Waals surface area contributed by atoms with Crippen molar-refractivity contribution in [1.82, 2.24) is 24.9 Å². The fourth-order valence-electron chi connectivity index (χ4n) is 7.26. The Hall–Kier alpha value is -4.53. The highest BCUT2D eigenvalue weighted by atomic mass is 32.2. The van der Waals surface area contributed by atoms with Crippen molar-refractivity contribution in [3.63, 3.8) is 0 Å². The molecule has 2 saturated carbocycles. The van der Waals surface area contributed by atoms with Gasteiger partial charge in [-0.15, -0.1) is 13.2 Å². The maximum atomic E-state index is 14.7. The number of benzene rings is 1. The quantitative estimate of drug-likeness (QED) is 0.102. The van der Waals surface area contributed by atoms with Crippen LogP contribution in [0.15, 0.2) is 43.5 Å². The van der Waals surface area contributed by atoms with Crippen molar-refractivity contribution in [3.05, 3.63) is 49.2 Å². The highest BCUT2D eigenvalue weighted by molar-refractivity contribution is 7.91. The molecular formula is C42H59N5O9S. The molecule has 3 aliphatic rings. The molecule has 5 atom stereocenters. The standard InChI is InChI=1S/C42H59N5O9S/c1-10-12-13-14-15-16-27(21-34(48)56-40(5,6)7)38(50)47-25-30(55-37-35(26(3)4)43-31-18-17-29(54-9)22-32(31)44-37)23-33(47)36(49)45-42(24-28(42)11-2)39(51)46-57(52,53)41(8)19-20-41/h10-11,17-18,22,26-28,30,33H,1-2,12-16,19-21,23-25H2,3-9H3,(H,45,49)(H,46,51)/t27-,28-,30-,33+,42-/m1/s1.